The number of carbonyl (C=O) groups is 2. The molecule has 8 aromatic heterocycles. The molecule has 26 heteroatoms. The van der Waals surface area contributed by atoms with E-state index in [2.05, 4.69) is 138 Å². The third-order valence-corrected chi connectivity index (χ3v) is 25.7. The number of fused-ring (bicyclic) bond motifs is 8. The number of aliphatic hydroxyl groups is 1. The standard InChI is InChI=1S/C15H13ClOS2.C15H11ClS2.C14H9ClO2S2.C12H15BO2S2.C8H6BrClO2.C4H8O.CH2Cl2.CH4.CH3.ClH.Mg/c1-15(2,17)11-7-9(16)3-4-10(11)13-8-14-12(19-13)5-6-18-14;1-15(2)10-7-8(16)3-4-9(10)13-12(15)14-11(18-13)5-6-17-14;1-17-14(16)10-6-8(15)2-3-9(10)12-7-13-11(19-12)4-5-18-13;1-11(2)12(3,4)15-13(14-11)10-7-9-8(17-10)5-6-16-9;1-12-8(11)6-4-5(10)2-3-7(6)9;1-2-4-5-3-1;2-1-3;;;;/h3-8,17H,1-2H3;3-7H,1-2H3;2-7H,1H3;5-7H,1-4H3;2-4H,1H3;1-4H2;1H2;1H4;1H3;1H;/q;;;;;;;;-1;;+2/p-1. The van der Waals surface area contributed by atoms with E-state index in [0.717, 1.165) is 39.8 Å². The molecule has 0 atom stereocenters. The summed E-state index contributed by atoms with van der Waals surface area (Å²) in [5.74, 6) is -0.765. The molecule has 1 N–H and O–H groups in total. The second-order valence-corrected chi connectivity index (χ2v) is 34.6. The van der Waals surface area contributed by atoms with Crippen molar-refractivity contribution in [1.29, 1.82) is 0 Å². The predicted molar refractivity (Wildman–Crippen MR) is 431 cm³/mol. The number of benzene rings is 4. The van der Waals surface area contributed by atoms with Gasteiger partial charge in [0, 0.05) is 106 Å². The second-order valence-electron chi connectivity index (χ2n) is 23.1. The molecule has 0 unspecified atom stereocenters. The number of hydrogen-bond donors (Lipinski definition) is 1. The van der Waals surface area contributed by atoms with E-state index >= 15 is 0 Å². The van der Waals surface area contributed by atoms with Crippen LogP contribution in [0.3, 0.4) is 0 Å². The van der Waals surface area contributed by atoms with E-state index in [4.69, 9.17) is 88.4 Å². The molecule has 0 saturated carbocycles. The van der Waals surface area contributed by atoms with Crippen LogP contribution in [0.2, 0.25) is 20.1 Å². The minimum Gasteiger partial charge on any atom is -1.00 e. The first-order chi connectivity index (χ1) is 44.2. The normalized spacial score (nSPS) is 14.0. The number of hydrogen-bond acceptors (Lipinski definition) is 16. The average Bonchev–Trinajstić information content (AvgIpc) is 1.55. The Morgan fingerprint density at radius 3 is 1.51 bits per heavy atom. The number of alkyl halides is 2. The number of esters is 2. The summed E-state index contributed by atoms with van der Waals surface area (Å²) in [7, 11) is 2.49. The summed E-state index contributed by atoms with van der Waals surface area (Å²) >= 11 is 50.8. The Hall–Kier alpha value is -2.36. The third-order valence-electron chi connectivity index (χ3n) is 15.5. The van der Waals surface area contributed by atoms with Gasteiger partial charge in [0.25, 0.3) is 0 Å². The summed E-state index contributed by atoms with van der Waals surface area (Å²) in [6.45, 7) is 18.5. The van der Waals surface area contributed by atoms with Gasteiger partial charge >= 0.3 is 42.1 Å². The van der Waals surface area contributed by atoms with Crippen LogP contribution >= 0.6 is 176 Å². The smallest absolute Gasteiger partial charge is 1.00 e. The van der Waals surface area contributed by atoms with E-state index < -0.39 is 11.6 Å². The van der Waals surface area contributed by atoms with Gasteiger partial charge in [-0.1, -0.05) is 85.9 Å². The molecule has 512 valence electrons. The number of thiophene rings is 8. The summed E-state index contributed by atoms with van der Waals surface area (Å²) in [6.07, 6.45) is 2.56. The summed E-state index contributed by atoms with van der Waals surface area (Å²) in [5, 5.41) is 21.5. The molecule has 10 heterocycles. The van der Waals surface area contributed by atoms with Crippen LogP contribution in [0.25, 0.3) is 68.9 Å². The van der Waals surface area contributed by atoms with E-state index in [-0.39, 0.29) is 85.4 Å². The summed E-state index contributed by atoms with van der Waals surface area (Å²) in [6, 6.07) is 37.3. The summed E-state index contributed by atoms with van der Waals surface area (Å²) in [4.78, 5) is 26.6. The largest absolute Gasteiger partial charge is 2.00 e. The monoisotopic (exact) mass is 1670 g/mol. The quantitative estimate of drug-likeness (QED) is 0.0761. The van der Waals surface area contributed by atoms with Crippen molar-refractivity contribution in [2.75, 3.05) is 32.8 Å². The van der Waals surface area contributed by atoms with Gasteiger partial charge in [0.1, 0.15) is 0 Å². The minimum absolute atomic E-state index is 0. The Bertz CT molecular complexity index is 4440. The molecule has 2 fully saturated rings. The van der Waals surface area contributed by atoms with Crippen molar-refractivity contribution in [3.05, 3.63) is 197 Å². The molecule has 0 radical (unpaired) electrons. The fourth-order valence-corrected chi connectivity index (χ4v) is 20.3. The van der Waals surface area contributed by atoms with Crippen molar-refractivity contribution in [3.63, 3.8) is 0 Å². The van der Waals surface area contributed by atoms with Crippen molar-refractivity contribution in [2.45, 2.75) is 97.9 Å². The van der Waals surface area contributed by atoms with E-state index in [9.17, 15) is 14.7 Å². The van der Waals surface area contributed by atoms with Crippen LogP contribution in [0.5, 0.6) is 0 Å². The van der Waals surface area contributed by atoms with Gasteiger partial charge in [0.2, 0.25) is 0 Å². The zero-order chi connectivity index (χ0) is 67.2. The van der Waals surface area contributed by atoms with Crippen LogP contribution in [-0.2, 0) is 34.5 Å². The number of halogens is 8. The van der Waals surface area contributed by atoms with Crippen molar-refractivity contribution in [3.8, 4) is 31.3 Å². The van der Waals surface area contributed by atoms with Gasteiger partial charge in [-0.15, -0.1) is 114 Å². The summed E-state index contributed by atoms with van der Waals surface area (Å²) in [5.41, 5.74) is 6.62. The Labute approximate surface area is 662 Å². The number of carbonyl (C=O) groups excluding carboxylic acids is 2. The van der Waals surface area contributed by atoms with Gasteiger partial charge in [-0.25, -0.2) is 9.59 Å². The van der Waals surface area contributed by atoms with E-state index in [0.29, 0.717) is 30.7 Å². The molecule has 0 spiro atoms. The Morgan fingerprint density at radius 1 is 0.577 bits per heavy atom. The van der Waals surface area contributed by atoms with Gasteiger partial charge in [-0.3, -0.25) is 0 Å². The number of methoxy groups -OCH3 is 2. The molecule has 12 aromatic rings. The fourth-order valence-electron chi connectivity index (χ4n) is 10.1. The van der Waals surface area contributed by atoms with Gasteiger partial charge in [0.05, 0.1) is 47.5 Å². The molecule has 2 aliphatic heterocycles. The fraction of sp³-hybridized carbons (Fsp3) is 0.282. The van der Waals surface area contributed by atoms with Gasteiger partial charge in [0.15, 0.2) is 0 Å². The molecule has 3 aliphatic rings. The molecule has 0 bridgehead atoms. The molecule has 4 aromatic carbocycles. The van der Waals surface area contributed by atoms with Crippen LogP contribution in [0.1, 0.15) is 113 Å². The maximum atomic E-state index is 11.8. The zero-order valence-corrected chi connectivity index (χ0v) is 69.0. The summed E-state index contributed by atoms with van der Waals surface area (Å²) < 4.78 is 38.8. The molecule has 15 rings (SSSR count). The van der Waals surface area contributed by atoms with Crippen LogP contribution in [0.15, 0.2) is 141 Å². The molecule has 1 aliphatic carbocycles. The molecular formula is C71H71BBrCl7MgO8S8. The Kier molecular flexibility index (Phi) is 32.9. The molecule has 97 heavy (non-hydrogen) atoms. The van der Waals surface area contributed by atoms with E-state index in [1.54, 1.807) is 112 Å². The maximum Gasteiger partial charge on any atom is 2.00 e. The molecule has 8 nitrogen and oxygen atoms in total. The van der Waals surface area contributed by atoms with Gasteiger partial charge in [-0.2, -0.15) is 0 Å². The van der Waals surface area contributed by atoms with E-state index in [1.807, 2.05) is 53.0 Å². The molecule has 0 amide bonds. The Morgan fingerprint density at radius 2 is 1.01 bits per heavy atom. The van der Waals surface area contributed by atoms with E-state index in [1.165, 1.54) is 95.9 Å². The van der Waals surface area contributed by atoms with Gasteiger partial charge < -0.3 is 48.5 Å². The number of rotatable bonds is 6. The second kappa shape index (κ2) is 37.4. The first-order valence-corrected chi connectivity index (χ1v) is 39.1. The molecular weight excluding hydrogens is 1600 g/mol. The average molecular weight is 1670 g/mol. The van der Waals surface area contributed by atoms with Crippen LogP contribution in [0, 0.1) is 7.43 Å². The predicted octanol–water partition coefficient (Wildman–Crippen LogP) is 22.6. The third kappa shape index (κ3) is 20.5. The molecule has 2 saturated heterocycles. The van der Waals surface area contributed by atoms with Crippen molar-refractivity contribution in [2.24, 2.45) is 0 Å². The number of ether oxygens (including phenoxy) is 3. The SMILES string of the molecule is C.C1CCOC1.CC(C)(O)c1cc(Cl)ccc1-c1cc2sccc2s1.CC1(C)OB(c2cc3sccc3s2)OC1(C)C.CC1(C)c2cc(Cl)ccc2-c2sc3ccsc3c21.COC(=O)c1cc(Cl)ccc1-c1cc2sccc2s1.COC(=O)c1cc(Cl)ccc1Br.ClCCl.[CH3-].[Cl-].[Mg+2]. The van der Waals surface area contributed by atoms with Crippen molar-refractivity contribution >= 4 is 261 Å². The van der Waals surface area contributed by atoms with Crippen LogP contribution in [0.4, 0.5) is 0 Å². The zero-order valence-electron chi connectivity index (χ0n) is 54.2. The minimum atomic E-state index is -0.905. The Balaban J connectivity index is 0.000000212. The van der Waals surface area contributed by atoms with Crippen molar-refractivity contribution < 1.29 is 50.6 Å². The first kappa shape index (κ1) is 85.3. The first-order valence-electron chi connectivity index (χ1n) is 28.9. The van der Waals surface area contributed by atoms with Gasteiger partial charge in [-0.05, 0) is 217 Å². The maximum absolute atomic E-state index is 11.8. The van der Waals surface area contributed by atoms with Crippen molar-refractivity contribution in [1.82, 2.24) is 0 Å². The topological polar surface area (TPSA) is 101 Å². The van der Waals surface area contributed by atoms with Crippen LogP contribution < -0.4 is 17.2 Å². The van der Waals surface area contributed by atoms with Crippen LogP contribution in [-0.4, -0.2) is 91.2 Å².